The molecule has 1 atom stereocenters. The molecule has 15 heteroatoms. The number of methoxy groups -OCH3 is 2. The number of halogens is 1. The Morgan fingerprint density at radius 2 is 1.94 bits per heavy atom. The molecule has 1 aromatic heterocycles. The first-order valence-electron chi connectivity index (χ1n) is 10.4. The van der Waals surface area contributed by atoms with Crippen molar-refractivity contribution in [1.29, 1.82) is 0 Å². The molecule has 0 unspecified atom stereocenters. The van der Waals surface area contributed by atoms with E-state index in [1.165, 1.54) is 20.5 Å². The highest BCUT2D eigenvalue weighted by Gasteiger charge is 2.35. The van der Waals surface area contributed by atoms with Crippen molar-refractivity contribution in [2.24, 2.45) is 0 Å². The smallest absolute Gasteiger partial charge is 0.269 e. The highest BCUT2D eigenvalue weighted by molar-refractivity contribution is 7.93. The molecule has 3 aromatic rings. The van der Waals surface area contributed by atoms with Gasteiger partial charge in [-0.3, -0.25) is 4.18 Å². The van der Waals surface area contributed by atoms with E-state index in [9.17, 15) is 16.8 Å². The molecule has 0 N–H and O–H groups in total. The second kappa shape index (κ2) is 10.2. The summed E-state index contributed by atoms with van der Waals surface area (Å²) in [5, 5.41) is 0.00389. The Balaban J connectivity index is 1.78. The van der Waals surface area contributed by atoms with Gasteiger partial charge in [0, 0.05) is 41.2 Å². The molecule has 194 valence electrons. The average molecular weight is 560 g/mol. The molecule has 0 saturated carbocycles. The minimum atomic E-state index is -4.54. The molecular weight excluding hydrogens is 537 g/mol. The number of benzene rings is 2. The van der Waals surface area contributed by atoms with Gasteiger partial charge < -0.3 is 14.2 Å². The van der Waals surface area contributed by atoms with Crippen molar-refractivity contribution in [1.82, 2.24) is 9.36 Å². The Morgan fingerprint density at radius 3 is 2.58 bits per heavy atom. The van der Waals surface area contributed by atoms with Crippen molar-refractivity contribution in [2.75, 3.05) is 31.4 Å². The molecule has 4 rings (SSSR count). The third-order valence-electron chi connectivity index (χ3n) is 5.28. The lowest BCUT2D eigenvalue weighted by Gasteiger charge is -2.27. The van der Waals surface area contributed by atoms with Crippen molar-refractivity contribution >= 4 is 36.8 Å². The maximum Gasteiger partial charge on any atom is 0.269 e. The Morgan fingerprint density at radius 1 is 1.17 bits per heavy atom. The van der Waals surface area contributed by atoms with E-state index < -0.39 is 37.0 Å². The van der Waals surface area contributed by atoms with Crippen LogP contribution in [-0.4, -0.2) is 53.3 Å². The highest BCUT2D eigenvalue weighted by Crippen LogP contribution is 2.40. The normalized spacial score (nSPS) is 15.6. The van der Waals surface area contributed by atoms with E-state index in [2.05, 4.69) is 9.36 Å². The fourth-order valence-corrected chi connectivity index (χ4v) is 6.47. The monoisotopic (exact) mass is 559 g/mol. The lowest BCUT2D eigenvalue weighted by molar-refractivity contribution is 0.142. The first-order chi connectivity index (χ1) is 17.0. The average Bonchev–Trinajstić information content (AvgIpc) is 3.36. The molecule has 2 aromatic carbocycles. The maximum absolute atomic E-state index is 15.3. The van der Waals surface area contributed by atoms with Crippen molar-refractivity contribution in [2.45, 2.75) is 24.0 Å². The number of hydrogen-bond donors (Lipinski definition) is 0. The van der Waals surface area contributed by atoms with Crippen molar-refractivity contribution in [3.63, 3.8) is 0 Å². The van der Waals surface area contributed by atoms with E-state index in [0.29, 0.717) is 17.1 Å². The number of anilines is 1. The molecule has 1 aliphatic rings. The van der Waals surface area contributed by atoms with E-state index in [1.54, 1.807) is 18.2 Å². The summed E-state index contributed by atoms with van der Waals surface area (Å²) in [7, 11) is -5.47. The van der Waals surface area contributed by atoms with Crippen LogP contribution >= 0.6 is 11.5 Å². The Hall–Kier alpha value is -3.01. The lowest BCUT2D eigenvalue weighted by atomic mass is 10.0. The summed E-state index contributed by atoms with van der Waals surface area (Å²) in [4.78, 5) is 3.33. The summed E-state index contributed by atoms with van der Waals surface area (Å²) in [6.07, 6.45) is 1.22. The van der Waals surface area contributed by atoms with E-state index in [-0.39, 0.29) is 36.0 Å². The predicted octanol–water partition coefficient (Wildman–Crippen LogP) is 2.89. The summed E-state index contributed by atoms with van der Waals surface area (Å²) < 4.78 is 92.0. The first kappa shape index (κ1) is 26.1. The molecule has 1 aliphatic heterocycles. The van der Waals surface area contributed by atoms with Crippen LogP contribution in [0.5, 0.6) is 17.2 Å². The zero-order valence-corrected chi connectivity index (χ0v) is 21.8. The van der Waals surface area contributed by atoms with Crippen LogP contribution in [0.2, 0.25) is 0 Å². The first-order valence-corrected chi connectivity index (χ1v) is 14.4. The van der Waals surface area contributed by atoms with Crippen LogP contribution in [0.3, 0.4) is 0 Å². The van der Waals surface area contributed by atoms with Gasteiger partial charge in [-0.25, -0.2) is 22.1 Å². The van der Waals surface area contributed by atoms with Crippen LogP contribution in [0.4, 0.5) is 9.52 Å². The van der Waals surface area contributed by atoms with Crippen LogP contribution in [-0.2, 0) is 30.9 Å². The van der Waals surface area contributed by atoms with Crippen molar-refractivity contribution in [3.05, 3.63) is 53.6 Å². The minimum absolute atomic E-state index is 0.00389. The second-order valence-corrected chi connectivity index (χ2v) is 11.8. The second-order valence-electron chi connectivity index (χ2n) is 7.66. The van der Waals surface area contributed by atoms with Crippen LogP contribution < -0.4 is 18.5 Å². The van der Waals surface area contributed by atoms with Crippen molar-refractivity contribution in [3.8, 4) is 17.2 Å². The van der Waals surface area contributed by atoms with Gasteiger partial charge >= 0.3 is 0 Å². The Labute approximate surface area is 211 Å². The number of nitrogens with zero attached hydrogens (tertiary/aromatic N) is 3. The van der Waals surface area contributed by atoms with Gasteiger partial charge in [0.1, 0.15) is 40.4 Å². The van der Waals surface area contributed by atoms with Crippen LogP contribution in [0.1, 0.15) is 23.7 Å². The molecule has 11 nitrogen and oxygen atoms in total. The topological polar surface area (TPSA) is 134 Å². The van der Waals surface area contributed by atoms with Gasteiger partial charge in [-0.1, -0.05) is 0 Å². The molecule has 0 bridgehead atoms. The summed E-state index contributed by atoms with van der Waals surface area (Å²) in [5.41, 5.74) is 0.565. The number of sulfonamides is 1. The molecule has 0 fully saturated rings. The number of fused-ring (bicyclic) bond motifs is 1. The van der Waals surface area contributed by atoms with E-state index >= 15 is 4.39 Å². The van der Waals surface area contributed by atoms with Gasteiger partial charge in [-0.15, -0.1) is 0 Å². The third-order valence-corrected chi connectivity index (χ3v) is 8.42. The van der Waals surface area contributed by atoms with Crippen molar-refractivity contribution < 1.29 is 39.6 Å². The predicted molar refractivity (Wildman–Crippen MR) is 128 cm³/mol. The quantitative estimate of drug-likeness (QED) is 0.360. The summed E-state index contributed by atoms with van der Waals surface area (Å²) >= 11 is 0.814. The van der Waals surface area contributed by atoms with Gasteiger partial charge in [0.15, 0.2) is 0 Å². The maximum atomic E-state index is 15.3. The molecule has 2 heterocycles. The largest absolute Gasteiger partial charge is 0.497 e. The van der Waals surface area contributed by atoms with Crippen LogP contribution in [0, 0.1) is 5.82 Å². The lowest BCUT2D eigenvalue weighted by Crippen LogP contribution is -2.31. The van der Waals surface area contributed by atoms with E-state index in [4.69, 9.17) is 18.4 Å². The fraction of sp³-hybridized carbons (Fsp3) is 0.333. The number of rotatable bonds is 9. The molecule has 0 amide bonds. The number of ether oxygens (including phenoxy) is 3. The molecule has 0 saturated heterocycles. The molecule has 0 spiro atoms. The zero-order valence-electron chi connectivity index (χ0n) is 19.4. The van der Waals surface area contributed by atoms with E-state index in [0.717, 1.165) is 34.2 Å². The summed E-state index contributed by atoms with van der Waals surface area (Å²) in [6.45, 7) is -0.191. The molecule has 0 aliphatic carbocycles. The van der Waals surface area contributed by atoms with Gasteiger partial charge in [-0.2, -0.15) is 12.8 Å². The SMILES string of the molecule is COc1ccc(CN(c2ncns2)S(=O)(=O)c2cc3c(cc2F)[C@H](OS(C)(=O)=O)CCO3)c(OC)c1. The highest BCUT2D eigenvalue weighted by atomic mass is 32.2. The summed E-state index contributed by atoms with van der Waals surface area (Å²) in [6, 6.07) is 6.80. The number of hydrogen-bond acceptors (Lipinski definition) is 11. The Bertz CT molecular complexity index is 1460. The molecule has 0 radical (unpaired) electrons. The zero-order chi connectivity index (χ0) is 26.1. The molecule has 36 heavy (non-hydrogen) atoms. The number of aromatic nitrogens is 2. The summed E-state index contributed by atoms with van der Waals surface area (Å²) in [5.74, 6) is -0.231. The minimum Gasteiger partial charge on any atom is -0.497 e. The fourth-order valence-electron chi connectivity index (χ4n) is 3.66. The van der Waals surface area contributed by atoms with Crippen LogP contribution in [0.25, 0.3) is 0 Å². The van der Waals surface area contributed by atoms with Gasteiger partial charge in [0.2, 0.25) is 5.13 Å². The van der Waals surface area contributed by atoms with Gasteiger partial charge in [0.05, 0.1) is 33.6 Å². The van der Waals surface area contributed by atoms with E-state index in [1.807, 2.05) is 0 Å². The van der Waals surface area contributed by atoms with Gasteiger partial charge in [-0.05, 0) is 18.2 Å². The standard InChI is InChI=1S/C21H22FN3O8S3/c1-30-14-5-4-13(18(8-14)31-2)11-25(21-23-12-24-34-21)36(28,29)20-10-19-15(9-16(20)22)17(6-7-32-19)33-35(3,26)27/h4-5,8-10,12,17H,6-7,11H2,1-3H3/t17-/m1/s1. The molecular formula is C21H22FN3O8S3. The van der Waals surface area contributed by atoms with Crippen LogP contribution in [0.15, 0.2) is 41.6 Å². The Kier molecular flexibility index (Phi) is 7.36. The third kappa shape index (κ3) is 5.38. The van der Waals surface area contributed by atoms with Gasteiger partial charge in [0.25, 0.3) is 20.1 Å².